The molecule has 1 rings (SSSR count). The molecular formula is C11H16NO8P. The van der Waals surface area contributed by atoms with Crippen LogP contribution in [0.1, 0.15) is 5.56 Å². The summed E-state index contributed by atoms with van der Waals surface area (Å²) in [7, 11) is -3.42. The van der Waals surface area contributed by atoms with Crippen LogP contribution in [0.5, 0.6) is 11.5 Å². The van der Waals surface area contributed by atoms with Crippen molar-refractivity contribution >= 4 is 13.8 Å². The molecule has 0 spiro atoms. The van der Waals surface area contributed by atoms with Crippen LogP contribution in [0, 0.1) is 0 Å². The van der Waals surface area contributed by atoms with Gasteiger partial charge in [-0.2, -0.15) is 0 Å². The Morgan fingerprint density at radius 1 is 1.43 bits per heavy atom. The summed E-state index contributed by atoms with van der Waals surface area (Å²) < 4.78 is 23.9. The van der Waals surface area contributed by atoms with E-state index in [4.69, 9.17) is 20.3 Å². The number of nitrogens with two attached hydrogens (primary N) is 1. The van der Waals surface area contributed by atoms with E-state index in [9.17, 15) is 14.5 Å². The van der Waals surface area contributed by atoms with Gasteiger partial charge in [0.25, 0.3) is 0 Å². The molecule has 0 saturated carbocycles. The van der Waals surface area contributed by atoms with Crippen molar-refractivity contribution in [2.24, 2.45) is 5.73 Å². The minimum Gasteiger partial charge on any atom is -0.504 e. The van der Waals surface area contributed by atoms with E-state index in [1.54, 1.807) is 0 Å². The van der Waals surface area contributed by atoms with Gasteiger partial charge in [-0.05, 0) is 24.1 Å². The molecule has 0 heterocycles. The van der Waals surface area contributed by atoms with E-state index in [2.05, 4.69) is 9.26 Å². The number of hydrogen-bond acceptors (Lipinski definition) is 7. The maximum atomic E-state index is 11.2. The Labute approximate surface area is 120 Å². The van der Waals surface area contributed by atoms with Crippen molar-refractivity contribution in [1.29, 1.82) is 0 Å². The topological polar surface area (TPSA) is 149 Å². The number of aromatic hydroxyl groups is 1. The number of esters is 1. The first-order chi connectivity index (χ1) is 9.73. The minimum atomic E-state index is -4.64. The second-order valence-electron chi connectivity index (χ2n) is 4.02. The molecule has 1 aromatic rings. The predicted molar refractivity (Wildman–Crippen MR) is 70.4 cm³/mol. The third-order valence-corrected chi connectivity index (χ3v) is 2.86. The SMILES string of the molecule is COC(=O)C(N)Cc1ccc(OCOP(=O)(O)O)c(O)c1. The second-order valence-corrected chi connectivity index (χ2v) is 5.26. The van der Waals surface area contributed by atoms with Gasteiger partial charge in [0.05, 0.1) is 7.11 Å². The van der Waals surface area contributed by atoms with Gasteiger partial charge in [-0.25, -0.2) is 9.09 Å². The van der Waals surface area contributed by atoms with E-state index >= 15 is 0 Å². The van der Waals surface area contributed by atoms with Gasteiger partial charge in [-0.15, -0.1) is 0 Å². The Hall–Kier alpha value is -1.64. The normalized spacial score (nSPS) is 12.8. The number of carbonyl (C=O) groups excluding carboxylic acids is 1. The van der Waals surface area contributed by atoms with Gasteiger partial charge in [0.1, 0.15) is 6.04 Å². The van der Waals surface area contributed by atoms with Crippen LogP contribution in [0.4, 0.5) is 0 Å². The quantitative estimate of drug-likeness (QED) is 0.306. The third kappa shape index (κ3) is 6.11. The van der Waals surface area contributed by atoms with Crippen molar-refractivity contribution < 1.29 is 38.3 Å². The highest BCUT2D eigenvalue weighted by Gasteiger charge is 2.16. The number of phenolic OH excluding ortho intramolecular Hbond substituents is 1. The van der Waals surface area contributed by atoms with Gasteiger partial charge < -0.3 is 30.1 Å². The molecule has 5 N–H and O–H groups in total. The molecule has 0 aliphatic carbocycles. The number of hydrogen-bond donors (Lipinski definition) is 4. The van der Waals surface area contributed by atoms with Crippen LogP contribution in [0.3, 0.4) is 0 Å². The summed E-state index contributed by atoms with van der Waals surface area (Å²) in [5.74, 6) is -0.887. The average molecular weight is 321 g/mol. The first kappa shape index (κ1) is 17.4. The molecule has 0 aliphatic rings. The number of ether oxygens (including phenoxy) is 2. The number of phosphoric acid groups is 1. The van der Waals surface area contributed by atoms with Gasteiger partial charge in [0.2, 0.25) is 6.79 Å². The van der Waals surface area contributed by atoms with Crippen molar-refractivity contribution in [3.8, 4) is 11.5 Å². The first-order valence-electron chi connectivity index (χ1n) is 5.71. The highest BCUT2D eigenvalue weighted by molar-refractivity contribution is 7.46. The van der Waals surface area contributed by atoms with Crippen molar-refractivity contribution in [2.45, 2.75) is 12.5 Å². The number of carbonyl (C=O) groups is 1. The summed E-state index contributed by atoms with van der Waals surface area (Å²) in [5.41, 5.74) is 6.15. The van der Waals surface area contributed by atoms with Crippen molar-refractivity contribution in [2.75, 3.05) is 13.9 Å². The lowest BCUT2D eigenvalue weighted by atomic mass is 10.1. The average Bonchev–Trinajstić information content (AvgIpc) is 2.39. The van der Waals surface area contributed by atoms with Gasteiger partial charge in [-0.3, -0.25) is 4.79 Å². The Morgan fingerprint density at radius 3 is 2.62 bits per heavy atom. The van der Waals surface area contributed by atoms with E-state index < -0.39 is 26.6 Å². The fourth-order valence-corrected chi connectivity index (χ4v) is 1.65. The van der Waals surface area contributed by atoms with Crippen LogP contribution in [-0.4, -0.2) is 40.8 Å². The van der Waals surface area contributed by atoms with Crippen molar-refractivity contribution in [3.63, 3.8) is 0 Å². The lowest BCUT2D eigenvalue weighted by Crippen LogP contribution is -2.33. The largest absolute Gasteiger partial charge is 0.504 e. The molecule has 118 valence electrons. The molecule has 9 nitrogen and oxygen atoms in total. The summed E-state index contributed by atoms with van der Waals surface area (Å²) in [6, 6.07) is 3.35. The van der Waals surface area contributed by atoms with E-state index in [0.29, 0.717) is 5.56 Å². The van der Waals surface area contributed by atoms with Gasteiger partial charge in [0.15, 0.2) is 11.5 Å². The summed E-state index contributed by atoms with van der Waals surface area (Å²) in [5, 5.41) is 9.70. The second kappa shape index (κ2) is 7.39. The zero-order valence-corrected chi connectivity index (χ0v) is 12.0. The molecule has 0 saturated heterocycles. The van der Waals surface area contributed by atoms with Crippen LogP contribution in [0.2, 0.25) is 0 Å². The van der Waals surface area contributed by atoms with E-state index in [0.717, 1.165) is 0 Å². The number of benzene rings is 1. The summed E-state index contributed by atoms with van der Waals surface area (Å²) >= 11 is 0. The highest BCUT2D eigenvalue weighted by atomic mass is 31.2. The molecule has 1 aromatic carbocycles. The zero-order valence-electron chi connectivity index (χ0n) is 11.1. The Morgan fingerprint density at radius 2 is 2.10 bits per heavy atom. The lowest BCUT2D eigenvalue weighted by molar-refractivity contribution is -0.142. The lowest BCUT2D eigenvalue weighted by Gasteiger charge is -2.12. The Kier molecular flexibility index (Phi) is 6.13. The third-order valence-electron chi connectivity index (χ3n) is 2.42. The number of phenols is 1. The minimum absolute atomic E-state index is 0.0289. The monoisotopic (exact) mass is 321 g/mol. The molecule has 0 aliphatic heterocycles. The van der Waals surface area contributed by atoms with E-state index in [1.807, 2.05) is 0 Å². The fraction of sp³-hybridized carbons (Fsp3) is 0.364. The zero-order chi connectivity index (χ0) is 16.0. The molecule has 21 heavy (non-hydrogen) atoms. The van der Waals surface area contributed by atoms with E-state index in [1.165, 1.54) is 25.3 Å². The molecular weight excluding hydrogens is 305 g/mol. The molecule has 0 amide bonds. The number of rotatable bonds is 7. The van der Waals surface area contributed by atoms with Crippen LogP contribution in [0.25, 0.3) is 0 Å². The molecule has 0 aromatic heterocycles. The molecule has 1 atom stereocenters. The summed E-state index contributed by atoms with van der Waals surface area (Å²) in [6.07, 6.45) is 0.152. The van der Waals surface area contributed by atoms with E-state index in [-0.39, 0.29) is 17.9 Å². The first-order valence-corrected chi connectivity index (χ1v) is 7.24. The Balaban J connectivity index is 2.63. The maximum Gasteiger partial charge on any atom is 0.472 e. The summed E-state index contributed by atoms with van der Waals surface area (Å²) in [6.45, 7) is -0.723. The number of methoxy groups -OCH3 is 1. The number of phosphoric ester groups is 1. The molecule has 10 heteroatoms. The Bertz CT molecular complexity index is 543. The predicted octanol–water partition coefficient (Wildman–Crippen LogP) is -0.119. The van der Waals surface area contributed by atoms with Crippen LogP contribution < -0.4 is 10.5 Å². The molecule has 1 unspecified atom stereocenters. The molecule has 0 fully saturated rings. The van der Waals surface area contributed by atoms with Crippen LogP contribution in [-0.2, 0) is 25.0 Å². The standard InChI is InChI=1S/C11H16NO8P/c1-18-11(14)8(12)4-7-2-3-10(9(13)5-7)19-6-20-21(15,16)17/h2-3,5,8,13H,4,6,12H2,1H3,(H2,15,16,17). The molecule has 0 radical (unpaired) electrons. The highest BCUT2D eigenvalue weighted by Crippen LogP contribution is 2.36. The van der Waals surface area contributed by atoms with Crippen LogP contribution in [0.15, 0.2) is 18.2 Å². The fourth-order valence-electron chi connectivity index (χ4n) is 1.46. The van der Waals surface area contributed by atoms with Gasteiger partial charge in [-0.1, -0.05) is 6.07 Å². The van der Waals surface area contributed by atoms with Crippen molar-refractivity contribution in [1.82, 2.24) is 0 Å². The molecule has 0 bridgehead atoms. The smallest absolute Gasteiger partial charge is 0.472 e. The van der Waals surface area contributed by atoms with Gasteiger partial charge in [0, 0.05) is 0 Å². The van der Waals surface area contributed by atoms with Crippen molar-refractivity contribution in [3.05, 3.63) is 23.8 Å². The van der Waals surface area contributed by atoms with Gasteiger partial charge >= 0.3 is 13.8 Å². The summed E-state index contributed by atoms with van der Waals surface area (Å²) in [4.78, 5) is 28.1. The van der Waals surface area contributed by atoms with Crippen LogP contribution >= 0.6 is 7.82 Å². The maximum absolute atomic E-state index is 11.2.